The molecule has 2 rings (SSSR count). The van der Waals surface area contributed by atoms with Gasteiger partial charge in [-0.2, -0.15) is 0 Å². The van der Waals surface area contributed by atoms with Crippen molar-refractivity contribution < 1.29 is 14.3 Å². The van der Waals surface area contributed by atoms with E-state index in [4.69, 9.17) is 0 Å². The van der Waals surface area contributed by atoms with Crippen LogP contribution in [0.25, 0.3) is 0 Å². The van der Waals surface area contributed by atoms with E-state index in [1.54, 1.807) is 0 Å². The van der Waals surface area contributed by atoms with Crippen LogP contribution in [0.1, 0.15) is 37.5 Å². The van der Waals surface area contributed by atoms with E-state index in [1.165, 1.54) is 17.6 Å². The van der Waals surface area contributed by atoms with Gasteiger partial charge in [-0.15, -0.1) is 0 Å². The Hall–Kier alpha value is -2.14. The minimum absolute atomic E-state index is 0.0565. The lowest BCUT2D eigenvalue weighted by Gasteiger charge is -2.25. The smallest absolute Gasteiger partial charge is 0.397 e. The van der Waals surface area contributed by atoms with E-state index in [-0.39, 0.29) is 12.0 Å². The van der Waals surface area contributed by atoms with E-state index >= 15 is 0 Å². The van der Waals surface area contributed by atoms with E-state index in [2.05, 4.69) is 53.6 Å². The maximum atomic E-state index is 12.6. The first-order chi connectivity index (χ1) is 12.1. The molecule has 0 radical (unpaired) electrons. The number of benzene rings is 2. The third-order valence-electron chi connectivity index (χ3n) is 4.30. The van der Waals surface area contributed by atoms with E-state index in [1.807, 2.05) is 37.3 Å². The first-order valence-corrected chi connectivity index (χ1v) is 9.18. The predicted octanol–water partition coefficient (Wildman–Crippen LogP) is 4.76. The summed E-state index contributed by atoms with van der Waals surface area (Å²) in [5, 5.41) is 0. The number of methoxy groups -OCH3 is 1. The number of carbonyl (C=O) groups excluding carboxylic acids is 2. The molecule has 0 N–H and O–H groups in total. The van der Waals surface area contributed by atoms with Gasteiger partial charge in [0, 0.05) is 10.2 Å². The molecule has 0 heterocycles. The van der Waals surface area contributed by atoms with Crippen LogP contribution in [-0.2, 0) is 26.3 Å². The molecule has 2 aromatic rings. The SMILES string of the molecule is COC(=O)C(=O)N(Cc1ccc(C(C)(C)C)cc1)c1cccc(Br)c1C. The lowest BCUT2D eigenvalue weighted by atomic mass is 9.87. The summed E-state index contributed by atoms with van der Waals surface area (Å²) < 4.78 is 5.52. The monoisotopic (exact) mass is 417 g/mol. The van der Waals surface area contributed by atoms with E-state index in [9.17, 15) is 9.59 Å². The summed E-state index contributed by atoms with van der Waals surface area (Å²) in [6.45, 7) is 8.65. The molecule has 0 aromatic heterocycles. The fourth-order valence-electron chi connectivity index (χ4n) is 2.65. The Morgan fingerprint density at radius 3 is 2.23 bits per heavy atom. The zero-order chi connectivity index (χ0) is 19.5. The third-order valence-corrected chi connectivity index (χ3v) is 5.15. The maximum Gasteiger partial charge on any atom is 0.397 e. The molecule has 0 saturated carbocycles. The Bertz CT molecular complexity index is 807. The quantitative estimate of drug-likeness (QED) is 0.533. The summed E-state index contributed by atoms with van der Waals surface area (Å²) in [5.41, 5.74) is 3.77. The van der Waals surface area contributed by atoms with Gasteiger partial charge in [0.15, 0.2) is 0 Å². The molecule has 0 aliphatic rings. The van der Waals surface area contributed by atoms with Crippen LogP contribution in [0.2, 0.25) is 0 Å². The molecule has 0 saturated heterocycles. The molecule has 0 unspecified atom stereocenters. The van der Waals surface area contributed by atoms with Crippen LogP contribution >= 0.6 is 15.9 Å². The lowest BCUT2D eigenvalue weighted by Crippen LogP contribution is -2.37. The molecular weight excluding hydrogens is 394 g/mol. The molecule has 0 fully saturated rings. The van der Waals surface area contributed by atoms with Crippen molar-refractivity contribution in [2.24, 2.45) is 0 Å². The van der Waals surface area contributed by atoms with Gasteiger partial charge < -0.3 is 4.74 Å². The Morgan fingerprint density at radius 2 is 1.69 bits per heavy atom. The summed E-state index contributed by atoms with van der Waals surface area (Å²) in [6, 6.07) is 13.7. The van der Waals surface area contributed by atoms with Crippen molar-refractivity contribution in [2.45, 2.75) is 39.7 Å². The molecule has 0 atom stereocenters. The number of anilines is 1. The molecule has 26 heavy (non-hydrogen) atoms. The van der Waals surface area contributed by atoms with Crippen molar-refractivity contribution in [1.29, 1.82) is 0 Å². The molecule has 4 nitrogen and oxygen atoms in total. The van der Waals surface area contributed by atoms with E-state index in [0.29, 0.717) is 5.69 Å². The number of hydrogen-bond donors (Lipinski definition) is 0. The summed E-state index contributed by atoms with van der Waals surface area (Å²) in [5.74, 6) is -1.57. The highest BCUT2D eigenvalue weighted by molar-refractivity contribution is 9.10. The topological polar surface area (TPSA) is 46.6 Å². The van der Waals surface area contributed by atoms with Gasteiger partial charge in [0.25, 0.3) is 0 Å². The normalized spacial score (nSPS) is 11.2. The number of carbonyl (C=O) groups is 2. The number of nitrogens with zero attached hydrogens (tertiary/aromatic N) is 1. The van der Waals surface area contributed by atoms with Crippen LogP contribution in [0.5, 0.6) is 0 Å². The Kier molecular flexibility index (Phi) is 6.24. The number of hydrogen-bond acceptors (Lipinski definition) is 3. The van der Waals surface area contributed by atoms with Crippen LogP contribution < -0.4 is 4.90 Å². The number of esters is 1. The highest BCUT2D eigenvalue weighted by Gasteiger charge is 2.26. The molecule has 5 heteroatoms. The lowest BCUT2D eigenvalue weighted by molar-refractivity contribution is -0.151. The van der Waals surface area contributed by atoms with Gasteiger partial charge in [-0.05, 0) is 41.2 Å². The number of rotatable bonds is 3. The number of amides is 1. The van der Waals surface area contributed by atoms with Crippen molar-refractivity contribution in [3.8, 4) is 0 Å². The van der Waals surface area contributed by atoms with Crippen LogP contribution in [-0.4, -0.2) is 19.0 Å². The average Bonchev–Trinajstić information content (AvgIpc) is 2.60. The van der Waals surface area contributed by atoms with Crippen molar-refractivity contribution in [3.05, 3.63) is 63.6 Å². The fraction of sp³-hybridized carbons (Fsp3) is 0.333. The molecule has 0 spiro atoms. The van der Waals surface area contributed by atoms with Gasteiger partial charge in [0.1, 0.15) is 0 Å². The Morgan fingerprint density at radius 1 is 1.08 bits per heavy atom. The van der Waals surface area contributed by atoms with E-state index < -0.39 is 11.9 Å². The number of halogens is 1. The van der Waals surface area contributed by atoms with Gasteiger partial charge >= 0.3 is 11.9 Å². The van der Waals surface area contributed by atoms with Crippen LogP contribution in [0.3, 0.4) is 0 Å². The van der Waals surface area contributed by atoms with Crippen LogP contribution in [0, 0.1) is 6.92 Å². The second kappa shape index (κ2) is 8.04. The van der Waals surface area contributed by atoms with Crippen molar-refractivity contribution in [3.63, 3.8) is 0 Å². The zero-order valence-corrected chi connectivity index (χ0v) is 17.4. The Labute approximate surface area is 163 Å². The molecular formula is C21H24BrNO3. The molecule has 2 aromatic carbocycles. The second-order valence-electron chi connectivity index (χ2n) is 7.21. The largest absolute Gasteiger partial charge is 0.462 e. The van der Waals surface area contributed by atoms with Crippen molar-refractivity contribution in [1.82, 2.24) is 0 Å². The third kappa shape index (κ3) is 4.52. The second-order valence-corrected chi connectivity index (χ2v) is 8.07. The maximum absolute atomic E-state index is 12.6. The summed E-state index contributed by atoms with van der Waals surface area (Å²) >= 11 is 3.48. The van der Waals surface area contributed by atoms with Gasteiger partial charge in [0.2, 0.25) is 0 Å². The van der Waals surface area contributed by atoms with E-state index in [0.717, 1.165) is 15.6 Å². The standard InChI is InChI=1S/C21H24BrNO3/c1-14-17(22)7-6-8-18(14)23(19(24)20(25)26-5)13-15-9-11-16(12-10-15)21(2,3)4/h6-12H,13H2,1-5H3. The summed E-state index contributed by atoms with van der Waals surface area (Å²) in [6.07, 6.45) is 0. The predicted molar refractivity (Wildman–Crippen MR) is 107 cm³/mol. The average molecular weight is 418 g/mol. The first-order valence-electron chi connectivity index (χ1n) is 8.39. The summed E-state index contributed by atoms with van der Waals surface area (Å²) in [7, 11) is 1.21. The molecule has 0 aliphatic heterocycles. The fourth-order valence-corrected chi connectivity index (χ4v) is 3.00. The van der Waals surface area contributed by atoms with Crippen LogP contribution in [0.15, 0.2) is 46.9 Å². The van der Waals surface area contributed by atoms with Crippen molar-refractivity contribution >= 4 is 33.5 Å². The highest BCUT2D eigenvalue weighted by atomic mass is 79.9. The van der Waals surface area contributed by atoms with Crippen molar-refractivity contribution in [2.75, 3.05) is 12.0 Å². The minimum atomic E-state index is -0.879. The first kappa shape index (κ1) is 20.2. The molecule has 0 bridgehead atoms. The van der Waals surface area contributed by atoms with Crippen LogP contribution in [0.4, 0.5) is 5.69 Å². The minimum Gasteiger partial charge on any atom is -0.462 e. The molecule has 0 aliphatic carbocycles. The van der Waals surface area contributed by atoms with Gasteiger partial charge in [-0.1, -0.05) is 67.0 Å². The number of ether oxygens (including phenoxy) is 1. The van der Waals surface area contributed by atoms with Gasteiger partial charge in [-0.25, -0.2) is 4.79 Å². The Balaban J connectivity index is 2.40. The molecule has 138 valence electrons. The zero-order valence-electron chi connectivity index (χ0n) is 15.8. The van der Waals surface area contributed by atoms with Gasteiger partial charge in [0.05, 0.1) is 13.7 Å². The summed E-state index contributed by atoms with van der Waals surface area (Å²) in [4.78, 5) is 25.9. The van der Waals surface area contributed by atoms with Gasteiger partial charge in [-0.3, -0.25) is 9.69 Å². The molecule has 1 amide bonds. The highest BCUT2D eigenvalue weighted by Crippen LogP contribution is 2.29.